The van der Waals surface area contributed by atoms with Crippen molar-refractivity contribution in [2.24, 2.45) is 0 Å². The van der Waals surface area contributed by atoms with Crippen LogP contribution in [0.2, 0.25) is 0 Å². The van der Waals surface area contributed by atoms with Crippen LogP contribution in [0.3, 0.4) is 0 Å². The fourth-order valence-corrected chi connectivity index (χ4v) is 3.23. The predicted octanol–water partition coefficient (Wildman–Crippen LogP) is 4.72. The number of thiophene rings is 1. The average molecular weight is 309 g/mol. The van der Waals surface area contributed by atoms with Crippen LogP contribution in [0.5, 0.6) is 0 Å². The van der Waals surface area contributed by atoms with Gasteiger partial charge in [-0.3, -0.25) is 4.79 Å². The third-order valence-corrected chi connectivity index (χ3v) is 4.33. The Kier molecular flexibility index (Phi) is 4.51. The number of halogens is 1. The zero-order valence-electron chi connectivity index (χ0n) is 9.36. The van der Waals surface area contributed by atoms with Gasteiger partial charge in [0, 0.05) is 27.2 Å². The molecule has 0 unspecified atom stereocenters. The minimum Gasteiger partial charge on any atom is -0.294 e. The van der Waals surface area contributed by atoms with Crippen LogP contribution >= 0.6 is 27.3 Å². The number of hydrogen-bond donors (Lipinski definition) is 0. The molecule has 0 atom stereocenters. The summed E-state index contributed by atoms with van der Waals surface area (Å²) < 4.78 is 0.923. The molecule has 2 rings (SSSR count). The molecule has 0 fully saturated rings. The van der Waals surface area contributed by atoms with Gasteiger partial charge in [0.25, 0.3) is 0 Å². The third-order valence-electron chi connectivity index (χ3n) is 2.63. The molecule has 0 saturated carbocycles. The highest BCUT2D eigenvalue weighted by Crippen LogP contribution is 2.23. The van der Waals surface area contributed by atoms with E-state index in [1.54, 1.807) is 11.3 Å². The van der Waals surface area contributed by atoms with E-state index in [9.17, 15) is 4.79 Å². The molecule has 1 nitrogen and oxygen atoms in total. The molecule has 1 heterocycles. The molecule has 3 heteroatoms. The molecule has 0 N–H and O–H groups in total. The molecular formula is C14H13BrOS. The zero-order valence-corrected chi connectivity index (χ0v) is 11.8. The van der Waals surface area contributed by atoms with Crippen LogP contribution in [0.25, 0.3) is 0 Å². The number of ketones is 1. The van der Waals surface area contributed by atoms with Crippen LogP contribution in [-0.2, 0) is 6.42 Å². The molecule has 0 aliphatic heterocycles. The van der Waals surface area contributed by atoms with Crippen molar-refractivity contribution in [2.45, 2.75) is 19.3 Å². The smallest absolute Gasteiger partial charge is 0.164 e. The van der Waals surface area contributed by atoms with Gasteiger partial charge in [-0.2, -0.15) is 11.3 Å². The lowest BCUT2D eigenvalue weighted by Gasteiger charge is -2.01. The second-order valence-electron chi connectivity index (χ2n) is 3.90. The summed E-state index contributed by atoms with van der Waals surface area (Å²) >= 11 is 4.95. The van der Waals surface area contributed by atoms with Gasteiger partial charge >= 0.3 is 0 Å². The van der Waals surface area contributed by atoms with E-state index < -0.39 is 0 Å². The van der Waals surface area contributed by atoms with Crippen LogP contribution in [0, 0.1) is 0 Å². The molecule has 0 spiro atoms. The van der Waals surface area contributed by atoms with Crippen LogP contribution in [0.4, 0.5) is 0 Å². The summed E-state index contributed by atoms with van der Waals surface area (Å²) in [6, 6.07) is 10.3. The summed E-state index contributed by atoms with van der Waals surface area (Å²) in [4.78, 5) is 11.9. The van der Waals surface area contributed by atoms with Gasteiger partial charge in [0.1, 0.15) is 0 Å². The van der Waals surface area contributed by atoms with E-state index in [4.69, 9.17) is 0 Å². The number of Topliss-reactive ketones (excluding diaryl/α,β-unsaturated/α-hetero) is 1. The Balaban J connectivity index is 1.84. The van der Waals surface area contributed by atoms with Crippen LogP contribution in [0.15, 0.2) is 45.6 Å². The number of benzene rings is 1. The quantitative estimate of drug-likeness (QED) is 0.731. The van der Waals surface area contributed by atoms with Gasteiger partial charge in [-0.25, -0.2) is 0 Å². The summed E-state index contributed by atoms with van der Waals surface area (Å²) in [6.07, 6.45) is 2.49. The van der Waals surface area contributed by atoms with Crippen molar-refractivity contribution in [1.82, 2.24) is 0 Å². The first kappa shape index (κ1) is 12.5. The molecule has 0 aliphatic rings. The Labute approximate surface area is 114 Å². The van der Waals surface area contributed by atoms with Gasteiger partial charge in [0.05, 0.1) is 0 Å². The normalized spacial score (nSPS) is 10.4. The Morgan fingerprint density at radius 1 is 1.18 bits per heavy atom. The van der Waals surface area contributed by atoms with Crippen molar-refractivity contribution in [3.8, 4) is 0 Å². The lowest BCUT2D eigenvalue weighted by atomic mass is 10.0. The second-order valence-corrected chi connectivity index (χ2v) is 5.49. The van der Waals surface area contributed by atoms with E-state index in [2.05, 4.69) is 28.1 Å². The molecule has 0 radical (unpaired) electrons. The first-order valence-corrected chi connectivity index (χ1v) is 7.30. The van der Waals surface area contributed by atoms with Gasteiger partial charge < -0.3 is 0 Å². The number of carbonyl (C=O) groups is 1. The third kappa shape index (κ3) is 3.51. The minimum atomic E-state index is 0.231. The summed E-state index contributed by atoms with van der Waals surface area (Å²) in [6.45, 7) is 0. The Bertz CT molecular complexity index is 490. The van der Waals surface area contributed by atoms with E-state index in [1.807, 2.05) is 29.0 Å². The van der Waals surface area contributed by atoms with Crippen molar-refractivity contribution in [3.05, 3.63) is 56.7 Å². The average Bonchev–Trinajstić information content (AvgIpc) is 2.77. The molecule has 0 amide bonds. The summed E-state index contributed by atoms with van der Waals surface area (Å²) in [5.74, 6) is 0.231. The maximum Gasteiger partial charge on any atom is 0.164 e. The van der Waals surface area contributed by atoms with Gasteiger partial charge in [-0.1, -0.05) is 30.3 Å². The molecule has 1 aromatic heterocycles. The van der Waals surface area contributed by atoms with Crippen LogP contribution in [-0.4, -0.2) is 5.78 Å². The highest BCUT2D eigenvalue weighted by Gasteiger charge is 2.10. The van der Waals surface area contributed by atoms with Gasteiger partial charge in [0.2, 0.25) is 0 Å². The zero-order chi connectivity index (χ0) is 12.1. The molecule has 0 bridgehead atoms. The van der Waals surface area contributed by atoms with Crippen molar-refractivity contribution in [3.63, 3.8) is 0 Å². The molecule has 0 saturated heterocycles. The predicted molar refractivity (Wildman–Crippen MR) is 75.7 cm³/mol. The van der Waals surface area contributed by atoms with E-state index >= 15 is 0 Å². The van der Waals surface area contributed by atoms with Gasteiger partial charge in [-0.15, -0.1) is 0 Å². The lowest BCUT2D eigenvalue weighted by molar-refractivity contribution is 0.0980. The standard InChI is InChI=1S/C14H13BrOS/c15-13-10-17-9-12(13)14(16)8-4-7-11-5-2-1-3-6-11/h1-3,5-6,9-10H,4,7-8H2. The highest BCUT2D eigenvalue weighted by atomic mass is 79.9. The lowest BCUT2D eigenvalue weighted by Crippen LogP contribution is -1.99. The van der Waals surface area contributed by atoms with E-state index in [0.717, 1.165) is 22.9 Å². The fourth-order valence-electron chi connectivity index (χ4n) is 1.71. The highest BCUT2D eigenvalue weighted by molar-refractivity contribution is 9.10. The van der Waals surface area contributed by atoms with Crippen molar-refractivity contribution < 1.29 is 4.79 Å². The van der Waals surface area contributed by atoms with Gasteiger partial charge in [-0.05, 0) is 34.3 Å². The summed E-state index contributed by atoms with van der Waals surface area (Å²) in [7, 11) is 0. The maximum absolute atomic E-state index is 11.9. The summed E-state index contributed by atoms with van der Waals surface area (Å²) in [5.41, 5.74) is 2.12. The number of aryl methyl sites for hydroxylation is 1. The molecule has 0 aliphatic carbocycles. The van der Waals surface area contributed by atoms with E-state index in [1.165, 1.54) is 5.56 Å². The number of hydrogen-bond acceptors (Lipinski definition) is 2. The number of rotatable bonds is 5. The van der Waals surface area contributed by atoms with Crippen molar-refractivity contribution in [2.75, 3.05) is 0 Å². The topological polar surface area (TPSA) is 17.1 Å². The van der Waals surface area contributed by atoms with Crippen LogP contribution in [0.1, 0.15) is 28.8 Å². The largest absolute Gasteiger partial charge is 0.294 e. The Hall–Kier alpha value is -0.930. The van der Waals surface area contributed by atoms with E-state index in [0.29, 0.717) is 6.42 Å². The van der Waals surface area contributed by atoms with Crippen molar-refractivity contribution in [1.29, 1.82) is 0 Å². The second kappa shape index (κ2) is 6.12. The monoisotopic (exact) mass is 308 g/mol. The van der Waals surface area contributed by atoms with Crippen LogP contribution < -0.4 is 0 Å². The first-order chi connectivity index (χ1) is 8.27. The fraction of sp³-hybridized carbons (Fsp3) is 0.214. The SMILES string of the molecule is O=C(CCCc1ccccc1)c1cscc1Br. The maximum atomic E-state index is 11.9. The molecular weight excluding hydrogens is 296 g/mol. The summed E-state index contributed by atoms with van der Waals surface area (Å²) in [5, 5.41) is 3.86. The van der Waals surface area contributed by atoms with Crippen molar-refractivity contribution >= 4 is 33.0 Å². The first-order valence-electron chi connectivity index (χ1n) is 5.56. The minimum absolute atomic E-state index is 0.231. The molecule has 1 aromatic carbocycles. The number of carbonyl (C=O) groups excluding carboxylic acids is 1. The molecule has 2 aromatic rings. The molecule has 88 valence electrons. The van der Waals surface area contributed by atoms with Gasteiger partial charge in [0.15, 0.2) is 5.78 Å². The Morgan fingerprint density at radius 3 is 2.59 bits per heavy atom. The Morgan fingerprint density at radius 2 is 1.94 bits per heavy atom. The van der Waals surface area contributed by atoms with E-state index in [-0.39, 0.29) is 5.78 Å². The molecule has 17 heavy (non-hydrogen) atoms.